The van der Waals surface area contributed by atoms with Crippen molar-refractivity contribution in [1.29, 1.82) is 0 Å². The van der Waals surface area contributed by atoms with Crippen molar-refractivity contribution in [3.05, 3.63) is 0 Å². The molecule has 0 aromatic heterocycles. The highest BCUT2D eigenvalue weighted by Gasteiger charge is 2.07. The fourth-order valence-electron chi connectivity index (χ4n) is 2.88. The highest BCUT2D eigenvalue weighted by Crippen LogP contribution is 2.21. The molecular weight excluding hydrogens is 244 g/mol. The van der Waals surface area contributed by atoms with Crippen LogP contribution in [0.5, 0.6) is 0 Å². The fourth-order valence-corrected chi connectivity index (χ4v) is 2.88. The monoisotopic (exact) mass is 284 g/mol. The smallest absolute Gasteiger partial charge is 0.0456 e. The lowest BCUT2D eigenvalue weighted by molar-refractivity contribution is 0.225. The van der Waals surface area contributed by atoms with Crippen LogP contribution >= 0.6 is 0 Å². The minimum atomic E-state index is 0.349. The summed E-state index contributed by atoms with van der Waals surface area (Å²) < 4.78 is 0. The maximum Gasteiger partial charge on any atom is 0.0456 e. The van der Waals surface area contributed by atoms with Gasteiger partial charge < -0.3 is 5.11 Å². The van der Waals surface area contributed by atoms with Crippen molar-refractivity contribution in [3.63, 3.8) is 0 Å². The number of hydrogen-bond donors (Lipinski definition) is 1. The van der Waals surface area contributed by atoms with E-state index in [2.05, 4.69) is 34.6 Å². The van der Waals surface area contributed by atoms with Crippen molar-refractivity contribution in [1.82, 2.24) is 0 Å². The summed E-state index contributed by atoms with van der Waals surface area (Å²) in [7, 11) is 0. The molecule has 0 bridgehead atoms. The van der Waals surface area contributed by atoms with Crippen LogP contribution in [0.2, 0.25) is 0 Å². The van der Waals surface area contributed by atoms with Crippen LogP contribution in [0.3, 0.4) is 0 Å². The molecule has 0 amide bonds. The first-order valence-electron chi connectivity index (χ1n) is 9.06. The van der Waals surface area contributed by atoms with Gasteiger partial charge in [0.2, 0.25) is 0 Å². The third-order valence-corrected chi connectivity index (χ3v) is 4.58. The number of hydrogen-bond acceptors (Lipinski definition) is 1. The molecule has 0 aliphatic carbocycles. The summed E-state index contributed by atoms with van der Waals surface area (Å²) in [5, 5.41) is 9.01. The van der Waals surface area contributed by atoms with Crippen molar-refractivity contribution in [2.75, 3.05) is 6.61 Å². The van der Waals surface area contributed by atoms with Gasteiger partial charge in [-0.1, -0.05) is 86.0 Å². The fraction of sp³-hybridized carbons (Fsp3) is 1.00. The van der Waals surface area contributed by atoms with Crippen LogP contribution < -0.4 is 0 Å². The van der Waals surface area contributed by atoms with E-state index >= 15 is 0 Å². The van der Waals surface area contributed by atoms with Crippen LogP contribution in [-0.4, -0.2) is 11.7 Å². The molecule has 20 heavy (non-hydrogen) atoms. The zero-order valence-corrected chi connectivity index (χ0v) is 14.8. The normalized spacial score (nSPS) is 16.4. The van der Waals surface area contributed by atoms with Gasteiger partial charge in [0.15, 0.2) is 0 Å². The first-order valence-corrected chi connectivity index (χ1v) is 9.06. The largest absolute Gasteiger partial charge is 0.396 e. The van der Waals surface area contributed by atoms with Gasteiger partial charge in [-0.3, -0.25) is 0 Å². The number of aliphatic hydroxyl groups excluding tert-OH is 1. The zero-order valence-electron chi connectivity index (χ0n) is 14.8. The molecule has 1 heteroatoms. The Morgan fingerprint density at radius 3 is 1.25 bits per heavy atom. The molecule has 0 aromatic rings. The van der Waals surface area contributed by atoms with Gasteiger partial charge in [-0.2, -0.15) is 0 Å². The van der Waals surface area contributed by atoms with Crippen LogP contribution in [0.25, 0.3) is 0 Å². The Hall–Kier alpha value is -0.0400. The van der Waals surface area contributed by atoms with Gasteiger partial charge in [-0.05, 0) is 30.1 Å². The topological polar surface area (TPSA) is 20.2 Å². The summed E-state index contributed by atoms with van der Waals surface area (Å²) in [5.74, 6) is 3.13. The van der Waals surface area contributed by atoms with Gasteiger partial charge in [0.1, 0.15) is 0 Å². The van der Waals surface area contributed by atoms with Crippen molar-refractivity contribution < 1.29 is 5.11 Å². The van der Waals surface area contributed by atoms with E-state index < -0.39 is 0 Å². The average Bonchev–Trinajstić information content (AvgIpc) is 2.38. The molecule has 0 unspecified atom stereocenters. The first kappa shape index (κ1) is 20.0. The van der Waals surface area contributed by atoms with E-state index in [-0.39, 0.29) is 0 Å². The Morgan fingerprint density at radius 2 is 0.900 bits per heavy atom. The summed E-state index contributed by atoms with van der Waals surface area (Å²) in [6.07, 6.45) is 12.2. The first-order chi connectivity index (χ1) is 9.45. The van der Waals surface area contributed by atoms with E-state index in [0.717, 1.165) is 17.8 Å². The summed E-state index contributed by atoms with van der Waals surface area (Å²) in [4.78, 5) is 0. The molecule has 0 saturated carbocycles. The Morgan fingerprint density at radius 1 is 0.550 bits per heavy atom. The van der Waals surface area contributed by atoms with E-state index in [9.17, 15) is 0 Å². The van der Waals surface area contributed by atoms with E-state index in [1.807, 2.05) is 0 Å². The molecule has 0 radical (unpaired) electrons. The van der Waals surface area contributed by atoms with E-state index in [1.54, 1.807) is 0 Å². The van der Waals surface area contributed by atoms with Crippen molar-refractivity contribution in [3.8, 4) is 0 Å². The molecule has 0 saturated heterocycles. The summed E-state index contributed by atoms with van der Waals surface area (Å²) in [6, 6.07) is 0. The van der Waals surface area contributed by atoms with E-state index in [1.165, 1.54) is 57.8 Å². The second-order valence-corrected chi connectivity index (χ2v) is 7.68. The van der Waals surface area contributed by atoms with E-state index in [4.69, 9.17) is 5.11 Å². The SMILES string of the molecule is CC(C)CCC[C@H](C)CCC[C@H](C)CCC[C@H](C)CO. The molecule has 1 nitrogen and oxygen atoms in total. The van der Waals surface area contributed by atoms with Crippen LogP contribution in [0.4, 0.5) is 0 Å². The van der Waals surface area contributed by atoms with Gasteiger partial charge in [-0.15, -0.1) is 0 Å². The Kier molecular flexibility index (Phi) is 12.7. The molecule has 0 heterocycles. The minimum absolute atomic E-state index is 0.349. The Labute approximate surface area is 128 Å². The lowest BCUT2D eigenvalue weighted by atomic mass is 9.91. The predicted octanol–water partition coefficient (Wildman–Crippen LogP) is 6.05. The maximum absolute atomic E-state index is 9.01. The molecule has 0 spiro atoms. The van der Waals surface area contributed by atoms with Crippen molar-refractivity contribution >= 4 is 0 Å². The van der Waals surface area contributed by atoms with Gasteiger partial charge in [0.25, 0.3) is 0 Å². The summed E-state index contributed by atoms with van der Waals surface area (Å²) in [5.41, 5.74) is 0. The highest BCUT2D eigenvalue weighted by molar-refractivity contribution is 4.60. The van der Waals surface area contributed by atoms with Crippen molar-refractivity contribution in [2.45, 2.75) is 92.4 Å². The molecule has 0 aromatic carbocycles. The third-order valence-electron chi connectivity index (χ3n) is 4.58. The second kappa shape index (κ2) is 12.7. The van der Waals surface area contributed by atoms with Crippen LogP contribution in [-0.2, 0) is 0 Å². The quantitative estimate of drug-likeness (QED) is 0.436. The predicted molar refractivity (Wildman–Crippen MR) is 91.0 cm³/mol. The van der Waals surface area contributed by atoms with Gasteiger partial charge in [-0.25, -0.2) is 0 Å². The summed E-state index contributed by atoms with van der Waals surface area (Å²) >= 11 is 0. The van der Waals surface area contributed by atoms with Gasteiger partial charge in [0, 0.05) is 6.61 Å². The minimum Gasteiger partial charge on any atom is -0.396 e. The summed E-state index contributed by atoms with van der Waals surface area (Å²) in [6.45, 7) is 12.0. The average molecular weight is 285 g/mol. The lowest BCUT2D eigenvalue weighted by Crippen LogP contribution is -2.03. The van der Waals surface area contributed by atoms with Gasteiger partial charge >= 0.3 is 0 Å². The van der Waals surface area contributed by atoms with Crippen LogP contribution in [0, 0.1) is 23.7 Å². The molecule has 1 N–H and O–H groups in total. The zero-order chi connectivity index (χ0) is 15.4. The Bertz CT molecular complexity index is 200. The maximum atomic E-state index is 9.01. The third kappa shape index (κ3) is 13.0. The van der Waals surface area contributed by atoms with Gasteiger partial charge in [0.05, 0.1) is 0 Å². The second-order valence-electron chi connectivity index (χ2n) is 7.68. The highest BCUT2D eigenvalue weighted by atomic mass is 16.3. The molecule has 122 valence electrons. The molecule has 0 aliphatic rings. The lowest BCUT2D eigenvalue weighted by Gasteiger charge is -2.15. The molecular formula is C19H40O. The van der Waals surface area contributed by atoms with E-state index in [0.29, 0.717) is 12.5 Å². The molecule has 3 atom stereocenters. The van der Waals surface area contributed by atoms with Crippen LogP contribution in [0.1, 0.15) is 92.4 Å². The van der Waals surface area contributed by atoms with Crippen LogP contribution in [0.15, 0.2) is 0 Å². The number of aliphatic hydroxyl groups is 1. The van der Waals surface area contributed by atoms with Crippen molar-refractivity contribution in [2.24, 2.45) is 23.7 Å². The number of rotatable bonds is 13. The standard InChI is InChI=1S/C19H40O/c1-16(2)9-6-10-17(3)11-7-12-18(4)13-8-14-19(5)15-20/h16-20H,6-15H2,1-5H3/t17-,18-,19-/m0/s1. The molecule has 0 rings (SSSR count). The Balaban J connectivity index is 3.43. The molecule has 0 fully saturated rings. The molecule has 0 aliphatic heterocycles.